The Kier molecular flexibility index (Phi) is 3.88. The molecule has 6 nitrogen and oxygen atoms in total. The van der Waals surface area contributed by atoms with Gasteiger partial charge in [0.15, 0.2) is 11.6 Å². The van der Waals surface area contributed by atoms with Gasteiger partial charge in [-0.05, 0) is 18.4 Å². The highest BCUT2D eigenvalue weighted by Crippen LogP contribution is 2.35. The van der Waals surface area contributed by atoms with Crippen molar-refractivity contribution in [3.8, 4) is 11.3 Å². The summed E-state index contributed by atoms with van der Waals surface area (Å²) < 4.78 is 26.7. The summed E-state index contributed by atoms with van der Waals surface area (Å²) in [5, 5.41) is 17.4. The lowest BCUT2D eigenvalue weighted by Gasteiger charge is -2.08. The van der Waals surface area contributed by atoms with Crippen LogP contribution in [0.5, 0.6) is 0 Å². The Bertz CT molecular complexity index is 698. The average Bonchev–Trinajstić information content (AvgIpc) is 2.73. The molecule has 2 rings (SSSR count). The number of nitrogen functional groups attached to an aromatic ring is 1. The van der Waals surface area contributed by atoms with Crippen LogP contribution in [0.25, 0.3) is 11.3 Å². The molecule has 0 bridgehead atoms. The number of aromatic nitrogens is 2. The molecule has 0 aliphatic carbocycles. The molecule has 1 aromatic carbocycles. The molecule has 0 aliphatic rings. The van der Waals surface area contributed by atoms with Gasteiger partial charge in [0.2, 0.25) is 0 Å². The summed E-state index contributed by atoms with van der Waals surface area (Å²) in [6.45, 7) is 3.88. The fraction of sp³-hybridized carbons (Fsp3) is 0.308. The van der Waals surface area contributed by atoms with Crippen LogP contribution in [0.4, 0.5) is 20.3 Å². The molecule has 0 saturated heterocycles. The van der Waals surface area contributed by atoms with Gasteiger partial charge in [-0.2, -0.15) is 5.10 Å². The summed E-state index contributed by atoms with van der Waals surface area (Å²) in [5.74, 6) is -2.03. The number of benzene rings is 1. The van der Waals surface area contributed by atoms with Crippen molar-refractivity contribution in [3.63, 3.8) is 0 Å². The number of nitro benzene ring substituents is 1. The third-order valence-electron chi connectivity index (χ3n) is 3.02. The van der Waals surface area contributed by atoms with Gasteiger partial charge in [-0.3, -0.25) is 15.2 Å². The van der Waals surface area contributed by atoms with Crippen molar-refractivity contribution in [2.45, 2.75) is 20.3 Å². The van der Waals surface area contributed by atoms with Crippen LogP contribution in [0.3, 0.4) is 0 Å². The van der Waals surface area contributed by atoms with Gasteiger partial charge in [0, 0.05) is 5.56 Å². The highest BCUT2D eigenvalue weighted by molar-refractivity contribution is 5.76. The normalized spacial score (nSPS) is 11.1. The van der Waals surface area contributed by atoms with E-state index in [4.69, 9.17) is 5.73 Å². The molecule has 0 radical (unpaired) electrons. The Labute approximate surface area is 119 Å². The Morgan fingerprint density at radius 2 is 2.00 bits per heavy atom. The third kappa shape index (κ3) is 2.83. The molecule has 1 aromatic heterocycles. The lowest BCUT2D eigenvalue weighted by atomic mass is 9.98. The van der Waals surface area contributed by atoms with Crippen LogP contribution in [0.2, 0.25) is 0 Å². The van der Waals surface area contributed by atoms with Crippen LogP contribution < -0.4 is 5.73 Å². The molecule has 1 heterocycles. The van der Waals surface area contributed by atoms with E-state index in [-0.39, 0.29) is 23.0 Å². The molecule has 21 heavy (non-hydrogen) atoms. The van der Waals surface area contributed by atoms with Gasteiger partial charge in [0.05, 0.1) is 22.2 Å². The van der Waals surface area contributed by atoms with Gasteiger partial charge in [-0.1, -0.05) is 13.8 Å². The molecular weight excluding hydrogens is 282 g/mol. The highest BCUT2D eigenvalue weighted by atomic mass is 19.2. The first-order valence-electron chi connectivity index (χ1n) is 6.27. The van der Waals surface area contributed by atoms with E-state index in [9.17, 15) is 18.9 Å². The smallest absolute Gasteiger partial charge is 0.281 e. The van der Waals surface area contributed by atoms with Crippen molar-refractivity contribution in [3.05, 3.63) is 39.4 Å². The molecule has 0 fully saturated rings. The fourth-order valence-corrected chi connectivity index (χ4v) is 2.10. The molecular formula is C13H14F2N4O2. The van der Waals surface area contributed by atoms with Crippen molar-refractivity contribution in [2.75, 3.05) is 5.73 Å². The Balaban J connectivity index is 2.67. The van der Waals surface area contributed by atoms with E-state index in [0.29, 0.717) is 18.1 Å². The molecule has 0 unspecified atom stereocenters. The van der Waals surface area contributed by atoms with E-state index in [1.54, 1.807) is 0 Å². The zero-order chi connectivity index (χ0) is 15.7. The zero-order valence-corrected chi connectivity index (χ0v) is 11.5. The maximum Gasteiger partial charge on any atom is 0.281 e. The minimum atomic E-state index is -1.27. The second-order valence-electron chi connectivity index (χ2n) is 5.10. The third-order valence-corrected chi connectivity index (χ3v) is 3.02. The number of hydrogen-bond acceptors (Lipinski definition) is 4. The Morgan fingerprint density at radius 1 is 1.38 bits per heavy atom. The van der Waals surface area contributed by atoms with Gasteiger partial charge >= 0.3 is 0 Å². The summed E-state index contributed by atoms with van der Waals surface area (Å²) in [6.07, 6.45) is 0.508. The van der Waals surface area contributed by atoms with E-state index in [2.05, 4.69) is 10.2 Å². The quantitative estimate of drug-likeness (QED) is 0.669. The van der Waals surface area contributed by atoms with E-state index >= 15 is 0 Å². The first-order chi connectivity index (χ1) is 9.81. The van der Waals surface area contributed by atoms with Crippen LogP contribution in [-0.4, -0.2) is 15.1 Å². The van der Waals surface area contributed by atoms with Gasteiger partial charge in [-0.15, -0.1) is 0 Å². The van der Waals surface area contributed by atoms with Crippen LogP contribution >= 0.6 is 0 Å². The number of halogens is 2. The highest BCUT2D eigenvalue weighted by Gasteiger charge is 2.24. The van der Waals surface area contributed by atoms with Crippen molar-refractivity contribution in [1.82, 2.24) is 10.2 Å². The molecule has 2 aromatic rings. The lowest BCUT2D eigenvalue weighted by Crippen LogP contribution is -2.01. The van der Waals surface area contributed by atoms with Crippen LogP contribution in [0.1, 0.15) is 19.4 Å². The van der Waals surface area contributed by atoms with Crippen molar-refractivity contribution in [1.29, 1.82) is 0 Å². The number of H-pyrrole nitrogens is 1. The Hall–Kier alpha value is -2.51. The number of aromatic amines is 1. The topological polar surface area (TPSA) is 97.8 Å². The number of anilines is 1. The van der Waals surface area contributed by atoms with E-state index in [0.717, 1.165) is 6.07 Å². The number of hydrogen-bond donors (Lipinski definition) is 2. The number of rotatable bonds is 4. The maximum atomic E-state index is 13.4. The lowest BCUT2D eigenvalue weighted by molar-refractivity contribution is -0.384. The molecule has 3 N–H and O–H groups in total. The summed E-state index contributed by atoms with van der Waals surface area (Å²) in [4.78, 5) is 10.3. The molecule has 8 heteroatoms. The fourth-order valence-electron chi connectivity index (χ4n) is 2.10. The van der Waals surface area contributed by atoms with Crippen LogP contribution in [0.15, 0.2) is 12.1 Å². The average molecular weight is 296 g/mol. The monoisotopic (exact) mass is 296 g/mol. The van der Waals surface area contributed by atoms with Gasteiger partial charge < -0.3 is 5.73 Å². The van der Waals surface area contributed by atoms with Gasteiger partial charge in [0.1, 0.15) is 5.82 Å². The summed E-state index contributed by atoms with van der Waals surface area (Å²) >= 11 is 0. The molecule has 0 spiro atoms. The second-order valence-corrected chi connectivity index (χ2v) is 5.10. The molecule has 0 atom stereocenters. The predicted octanol–water partition coefficient (Wildman–Crippen LogP) is 3.04. The molecule has 0 aliphatic heterocycles. The standard InChI is InChI=1S/C13H14F2N4O2/c1-6(2)3-8-12(17-18-13(8)16)7-4-9(14)10(15)5-11(7)19(20)21/h4-6H,3H2,1-2H3,(H3,16,17,18). The molecule has 0 amide bonds. The Morgan fingerprint density at radius 3 is 2.57 bits per heavy atom. The number of nitrogens with one attached hydrogen (secondary N) is 1. The largest absolute Gasteiger partial charge is 0.382 e. The van der Waals surface area contributed by atoms with Gasteiger partial charge in [0.25, 0.3) is 5.69 Å². The van der Waals surface area contributed by atoms with Gasteiger partial charge in [-0.25, -0.2) is 8.78 Å². The van der Waals surface area contributed by atoms with Crippen molar-refractivity contribution < 1.29 is 13.7 Å². The molecule has 112 valence electrons. The van der Waals surface area contributed by atoms with Crippen LogP contribution in [-0.2, 0) is 6.42 Å². The SMILES string of the molecule is CC(C)Cc1c(N)n[nH]c1-c1cc(F)c(F)cc1[N+](=O)[O-]. The number of nitro groups is 1. The first-order valence-corrected chi connectivity index (χ1v) is 6.27. The summed E-state index contributed by atoms with van der Waals surface area (Å²) in [6, 6.07) is 1.34. The first kappa shape index (κ1) is 14.9. The van der Waals surface area contributed by atoms with E-state index < -0.39 is 22.2 Å². The minimum Gasteiger partial charge on any atom is -0.382 e. The molecule has 0 saturated carbocycles. The van der Waals surface area contributed by atoms with E-state index in [1.807, 2.05) is 13.8 Å². The number of nitrogens with two attached hydrogens (primary N) is 1. The summed E-state index contributed by atoms with van der Waals surface area (Å²) in [7, 11) is 0. The van der Waals surface area contributed by atoms with Crippen molar-refractivity contribution in [2.24, 2.45) is 5.92 Å². The van der Waals surface area contributed by atoms with Crippen LogP contribution in [0, 0.1) is 27.7 Å². The van der Waals surface area contributed by atoms with E-state index in [1.165, 1.54) is 0 Å². The minimum absolute atomic E-state index is 0.0706. The summed E-state index contributed by atoms with van der Waals surface area (Å²) in [5.41, 5.74) is 5.93. The maximum absolute atomic E-state index is 13.4. The predicted molar refractivity (Wildman–Crippen MR) is 73.5 cm³/mol. The second kappa shape index (κ2) is 5.47. The zero-order valence-electron chi connectivity index (χ0n) is 11.5. The number of nitrogens with zero attached hydrogens (tertiary/aromatic N) is 2. The van der Waals surface area contributed by atoms with Crippen molar-refractivity contribution >= 4 is 11.5 Å².